The van der Waals surface area contributed by atoms with E-state index in [2.05, 4.69) is 230 Å². The molecule has 5 nitrogen and oxygen atoms in total. The first kappa shape index (κ1) is 44.8. The van der Waals surface area contributed by atoms with E-state index in [-0.39, 0.29) is 23.7 Å². The Morgan fingerprint density at radius 3 is 2.34 bits per heavy atom. The molecular formula is C66H63N5. The topological polar surface area (TPSA) is 52.6 Å². The van der Waals surface area contributed by atoms with Gasteiger partial charge >= 0.3 is 0 Å². The summed E-state index contributed by atoms with van der Waals surface area (Å²) in [5, 5.41) is 7.78. The molecule has 0 saturated carbocycles. The molecule has 71 heavy (non-hydrogen) atoms. The van der Waals surface area contributed by atoms with Crippen molar-refractivity contribution in [2.45, 2.75) is 101 Å². The molecule has 0 saturated heterocycles. The van der Waals surface area contributed by atoms with Gasteiger partial charge < -0.3 is 10.2 Å². The van der Waals surface area contributed by atoms with Crippen molar-refractivity contribution in [2.75, 3.05) is 10.2 Å². The van der Waals surface area contributed by atoms with Crippen LogP contribution < -0.4 is 15.5 Å². The fraction of sp³-hybridized carbons (Fsp3) is 0.242. The van der Waals surface area contributed by atoms with Gasteiger partial charge in [-0.3, -0.25) is 15.3 Å². The van der Waals surface area contributed by atoms with Crippen molar-refractivity contribution in [1.82, 2.24) is 10.3 Å². The highest BCUT2D eigenvalue weighted by Crippen LogP contribution is 2.49. The third kappa shape index (κ3) is 8.82. The average molecular weight is 926 g/mol. The number of allylic oxidation sites excluding steroid dienone is 5. The molecule has 0 radical (unpaired) electrons. The van der Waals surface area contributed by atoms with Gasteiger partial charge in [-0.25, -0.2) is 0 Å². The fourth-order valence-electron chi connectivity index (χ4n) is 12.0. The molecule has 2 N–H and O–H groups in total. The number of nitrogens with one attached hydrogen (secondary N) is 2. The summed E-state index contributed by atoms with van der Waals surface area (Å²) in [5.74, 6) is 0.473. The second kappa shape index (κ2) is 19.1. The number of aromatic nitrogens is 1. The Morgan fingerprint density at radius 1 is 0.718 bits per heavy atom. The first-order valence-corrected chi connectivity index (χ1v) is 26.0. The standard InChI is InChI=1S/C66H63N5/c1-44(45-17-7-4-8-18-45)27-32-54-40-51-39-48(49-37-38-67-63(42-49)57-24-14-16-26-60(57)68-52-21-11-6-12-22-52)31-36-64(51)71(54)53-33-28-46(29-34-53)61-43-62(70-65(69-61)47-19-9-5-10-20-47)50-30-35-56-55-23-13-15-25-58(55)66(2,3)59(56)41-50/h4-9,11-19,21,23-26,28-31,33-39,41-42,44,52,54,61,65,68-69H,10,20,22,27,32,40,43H2,1-3H3. The number of pyridine rings is 1. The predicted octanol–water partition coefficient (Wildman–Crippen LogP) is 15.8. The molecule has 3 heterocycles. The number of hydrogen-bond acceptors (Lipinski definition) is 5. The molecule has 5 unspecified atom stereocenters. The Bertz CT molecular complexity index is 3260. The number of fused-ring (bicyclic) bond motifs is 4. The molecule has 0 amide bonds. The monoisotopic (exact) mass is 926 g/mol. The highest BCUT2D eigenvalue weighted by Gasteiger charge is 2.37. The molecular weight excluding hydrogens is 863 g/mol. The van der Waals surface area contributed by atoms with Crippen LogP contribution in [0.4, 0.5) is 17.1 Å². The SMILES string of the molecule is CC(CCC1Cc2cc(-c3ccnc(-c4ccccc4NC4C=CC=CC4)c3)ccc2N1c1ccc(C2CC(c3ccc4c(c3)C(C)(C)c3ccccc3-4)=NC(C3=CC=CCC3)N2)cc1)c1ccccc1. The minimum Gasteiger partial charge on any atom is -0.378 e. The van der Waals surface area contributed by atoms with Crippen molar-refractivity contribution in [3.63, 3.8) is 0 Å². The maximum atomic E-state index is 5.50. The summed E-state index contributed by atoms with van der Waals surface area (Å²) in [5.41, 5.74) is 21.5. The van der Waals surface area contributed by atoms with Gasteiger partial charge in [0.1, 0.15) is 6.17 Å². The van der Waals surface area contributed by atoms with Gasteiger partial charge in [0.15, 0.2) is 0 Å². The van der Waals surface area contributed by atoms with Crippen LogP contribution in [0.3, 0.4) is 0 Å². The molecule has 2 aliphatic heterocycles. The zero-order valence-corrected chi connectivity index (χ0v) is 41.2. The molecule has 352 valence electrons. The minimum absolute atomic E-state index is 0.0639. The van der Waals surface area contributed by atoms with E-state index in [9.17, 15) is 0 Å². The van der Waals surface area contributed by atoms with E-state index in [4.69, 9.17) is 9.98 Å². The highest BCUT2D eigenvalue weighted by atomic mass is 15.2. The van der Waals surface area contributed by atoms with Crippen LogP contribution in [0.1, 0.15) is 105 Å². The van der Waals surface area contributed by atoms with E-state index < -0.39 is 0 Å². The number of para-hydroxylation sites is 1. The smallest absolute Gasteiger partial charge is 0.122 e. The van der Waals surface area contributed by atoms with Crippen LogP contribution in [0.15, 0.2) is 211 Å². The van der Waals surface area contributed by atoms with Gasteiger partial charge in [-0.15, -0.1) is 0 Å². The van der Waals surface area contributed by atoms with Crippen LogP contribution >= 0.6 is 0 Å². The summed E-state index contributed by atoms with van der Waals surface area (Å²) in [6.07, 6.45) is 24.4. The van der Waals surface area contributed by atoms with Gasteiger partial charge in [-0.1, -0.05) is 166 Å². The lowest BCUT2D eigenvalue weighted by Gasteiger charge is -2.33. The van der Waals surface area contributed by atoms with Crippen molar-refractivity contribution in [3.05, 3.63) is 239 Å². The lowest BCUT2D eigenvalue weighted by atomic mass is 9.81. The van der Waals surface area contributed by atoms with Gasteiger partial charge in [0, 0.05) is 64.5 Å². The van der Waals surface area contributed by atoms with Gasteiger partial charge in [-0.05, 0) is 154 Å². The normalized spacial score (nSPS) is 21.0. The number of benzene rings is 6. The molecule has 5 aliphatic rings. The van der Waals surface area contributed by atoms with Crippen LogP contribution in [0, 0.1) is 0 Å². The Balaban J connectivity index is 0.844. The Labute approximate surface area is 420 Å². The number of nitrogens with zero attached hydrogens (tertiary/aromatic N) is 3. The fourth-order valence-corrected chi connectivity index (χ4v) is 12.0. The van der Waals surface area contributed by atoms with E-state index in [1.165, 1.54) is 78.3 Å². The number of aliphatic imine (C=N–C) groups is 1. The number of rotatable bonds is 12. The molecule has 0 spiro atoms. The summed E-state index contributed by atoms with van der Waals surface area (Å²) < 4.78 is 0. The zero-order valence-electron chi connectivity index (χ0n) is 41.2. The van der Waals surface area contributed by atoms with Crippen LogP contribution in [-0.4, -0.2) is 28.9 Å². The van der Waals surface area contributed by atoms with E-state index >= 15 is 0 Å². The average Bonchev–Trinajstić information content (AvgIpc) is 3.91. The van der Waals surface area contributed by atoms with Crippen molar-refractivity contribution in [2.24, 2.45) is 4.99 Å². The van der Waals surface area contributed by atoms with E-state index in [1.807, 2.05) is 6.20 Å². The second-order valence-corrected chi connectivity index (χ2v) is 20.9. The third-order valence-electron chi connectivity index (χ3n) is 16.0. The van der Waals surface area contributed by atoms with Crippen LogP contribution in [0.5, 0.6) is 0 Å². The largest absolute Gasteiger partial charge is 0.378 e. The van der Waals surface area contributed by atoms with Crippen LogP contribution in [-0.2, 0) is 11.8 Å². The van der Waals surface area contributed by atoms with Crippen molar-refractivity contribution in [3.8, 4) is 33.5 Å². The molecule has 12 rings (SSSR count). The summed E-state index contributed by atoms with van der Waals surface area (Å²) in [6.45, 7) is 7.12. The van der Waals surface area contributed by atoms with Crippen molar-refractivity contribution < 1.29 is 0 Å². The summed E-state index contributed by atoms with van der Waals surface area (Å²) in [4.78, 5) is 13.1. The van der Waals surface area contributed by atoms with Crippen molar-refractivity contribution >= 4 is 22.8 Å². The molecule has 3 aliphatic carbocycles. The van der Waals surface area contributed by atoms with Gasteiger partial charge in [0.2, 0.25) is 0 Å². The van der Waals surface area contributed by atoms with Gasteiger partial charge in [0.25, 0.3) is 0 Å². The molecule has 5 heteroatoms. The molecule has 5 atom stereocenters. The van der Waals surface area contributed by atoms with E-state index in [0.717, 1.165) is 61.9 Å². The van der Waals surface area contributed by atoms with Gasteiger partial charge in [-0.2, -0.15) is 0 Å². The quantitative estimate of drug-likeness (QED) is 0.128. The zero-order chi connectivity index (χ0) is 47.9. The molecule has 7 aromatic rings. The second-order valence-electron chi connectivity index (χ2n) is 20.9. The highest BCUT2D eigenvalue weighted by molar-refractivity contribution is 6.03. The predicted molar refractivity (Wildman–Crippen MR) is 297 cm³/mol. The first-order chi connectivity index (χ1) is 34.8. The Kier molecular flexibility index (Phi) is 12.1. The number of anilines is 3. The van der Waals surface area contributed by atoms with E-state index in [1.54, 1.807) is 0 Å². The molecule has 1 aromatic heterocycles. The van der Waals surface area contributed by atoms with Crippen molar-refractivity contribution in [1.29, 1.82) is 0 Å². The summed E-state index contributed by atoms with van der Waals surface area (Å²) in [6, 6.07) is 57.4. The number of hydrogen-bond donors (Lipinski definition) is 2. The van der Waals surface area contributed by atoms with Crippen LogP contribution in [0.25, 0.3) is 33.5 Å². The summed E-state index contributed by atoms with van der Waals surface area (Å²) in [7, 11) is 0. The molecule has 6 aromatic carbocycles. The lowest BCUT2D eigenvalue weighted by molar-refractivity contribution is 0.459. The summed E-state index contributed by atoms with van der Waals surface area (Å²) >= 11 is 0. The Hall–Kier alpha value is -7.34. The molecule has 0 fully saturated rings. The maximum Gasteiger partial charge on any atom is 0.122 e. The first-order valence-electron chi connectivity index (χ1n) is 26.0. The lowest BCUT2D eigenvalue weighted by Crippen LogP contribution is -2.39. The minimum atomic E-state index is -0.0676. The van der Waals surface area contributed by atoms with E-state index in [0.29, 0.717) is 12.0 Å². The maximum absolute atomic E-state index is 5.50. The third-order valence-corrected chi connectivity index (χ3v) is 16.0. The van der Waals surface area contributed by atoms with Gasteiger partial charge in [0.05, 0.1) is 5.69 Å². The van der Waals surface area contributed by atoms with Crippen LogP contribution in [0.2, 0.25) is 0 Å². The molecule has 0 bridgehead atoms. The Morgan fingerprint density at radius 2 is 1.51 bits per heavy atom.